The molecule has 1 amide bonds. The number of halogens is 1. The molecule has 110 valence electrons. The monoisotopic (exact) mass is 294 g/mol. The number of rotatable bonds is 5. The van der Waals surface area contributed by atoms with E-state index in [9.17, 15) is 4.79 Å². The molecule has 1 aromatic rings. The predicted molar refractivity (Wildman–Crippen MR) is 83.4 cm³/mol. The van der Waals surface area contributed by atoms with Crippen LogP contribution >= 0.6 is 11.6 Å². The maximum Gasteiger partial charge on any atom is 0.251 e. The minimum absolute atomic E-state index is 0.0456. The van der Waals surface area contributed by atoms with Crippen molar-refractivity contribution in [1.29, 1.82) is 0 Å². The Morgan fingerprint density at radius 3 is 2.55 bits per heavy atom. The SMILES string of the molecule is Cc1ccc(C(=O)NC2CCN(CCCCl)CC2)cc1. The summed E-state index contributed by atoms with van der Waals surface area (Å²) in [5.41, 5.74) is 1.93. The highest BCUT2D eigenvalue weighted by atomic mass is 35.5. The molecule has 1 fully saturated rings. The van der Waals surface area contributed by atoms with Crippen LogP contribution in [0.4, 0.5) is 0 Å². The summed E-state index contributed by atoms with van der Waals surface area (Å²) in [5, 5.41) is 3.14. The van der Waals surface area contributed by atoms with Crippen LogP contribution in [0.15, 0.2) is 24.3 Å². The average Bonchev–Trinajstić information content (AvgIpc) is 2.47. The van der Waals surface area contributed by atoms with E-state index in [-0.39, 0.29) is 5.91 Å². The molecule has 0 atom stereocenters. The van der Waals surface area contributed by atoms with Crippen molar-refractivity contribution in [2.45, 2.75) is 32.2 Å². The molecular formula is C16H23ClN2O. The van der Waals surface area contributed by atoms with Crippen LogP contribution in [-0.2, 0) is 0 Å². The van der Waals surface area contributed by atoms with E-state index in [2.05, 4.69) is 10.2 Å². The lowest BCUT2D eigenvalue weighted by Gasteiger charge is -2.32. The molecule has 20 heavy (non-hydrogen) atoms. The summed E-state index contributed by atoms with van der Waals surface area (Å²) in [6.45, 7) is 5.20. The Morgan fingerprint density at radius 2 is 1.95 bits per heavy atom. The van der Waals surface area contributed by atoms with E-state index in [0.717, 1.165) is 50.3 Å². The number of carbonyl (C=O) groups excluding carboxylic acids is 1. The first-order valence-corrected chi connectivity index (χ1v) is 7.88. The first-order valence-electron chi connectivity index (χ1n) is 7.35. The van der Waals surface area contributed by atoms with E-state index in [1.807, 2.05) is 31.2 Å². The molecule has 1 heterocycles. The van der Waals surface area contributed by atoms with Crippen molar-refractivity contribution in [3.8, 4) is 0 Å². The lowest BCUT2D eigenvalue weighted by Crippen LogP contribution is -2.44. The van der Waals surface area contributed by atoms with Gasteiger partial charge in [0.2, 0.25) is 0 Å². The van der Waals surface area contributed by atoms with Crippen molar-refractivity contribution >= 4 is 17.5 Å². The molecule has 0 aliphatic carbocycles. The lowest BCUT2D eigenvalue weighted by molar-refractivity contribution is 0.0911. The second-order valence-electron chi connectivity index (χ2n) is 5.50. The second-order valence-corrected chi connectivity index (χ2v) is 5.88. The van der Waals surface area contributed by atoms with Crippen molar-refractivity contribution in [2.24, 2.45) is 0 Å². The van der Waals surface area contributed by atoms with E-state index < -0.39 is 0 Å². The number of likely N-dealkylation sites (tertiary alicyclic amines) is 1. The summed E-state index contributed by atoms with van der Waals surface area (Å²) < 4.78 is 0. The molecule has 2 rings (SSSR count). The summed E-state index contributed by atoms with van der Waals surface area (Å²) >= 11 is 5.71. The van der Waals surface area contributed by atoms with E-state index in [4.69, 9.17) is 11.6 Å². The van der Waals surface area contributed by atoms with E-state index in [1.54, 1.807) is 0 Å². The minimum atomic E-state index is 0.0456. The number of benzene rings is 1. The Labute approximate surface area is 126 Å². The van der Waals surface area contributed by atoms with Gasteiger partial charge in [-0.3, -0.25) is 4.79 Å². The zero-order valence-corrected chi connectivity index (χ0v) is 12.8. The zero-order chi connectivity index (χ0) is 14.4. The quantitative estimate of drug-likeness (QED) is 0.847. The number of hydrogen-bond acceptors (Lipinski definition) is 2. The molecule has 0 radical (unpaired) electrons. The molecular weight excluding hydrogens is 272 g/mol. The Kier molecular flexibility index (Phi) is 5.86. The largest absolute Gasteiger partial charge is 0.349 e. The van der Waals surface area contributed by atoms with Gasteiger partial charge >= 0.3 is 0 Å². The number of nitrogens with one attached hydrogen (secondary N) is 1. The van der Waals surface area contributed by atoms with Crippen LogP contribution in [0, 0.1) is 6.92 Å². The highest BCUT2D eigenvalue weighted by Crippen LogP contribution is 2.12. The summed E-state index contributed by atoms with van der Waals surface area (Å²) in [6, 6.07) is 8.03. The van der Waals surface area contributed by atoms with Gasteiger partial charge in [-0.1, -0.05) is 17.7 Å². The molecule has 0 unspecified atom stereocenters. The molecule has 3 nitrogen and oxygen atoms in total. The molecule has 0 aromatic heterocycles. The third-order valence-corrected chi connectivity index (χ3v) is 4.11. The number of carbonyl (C=O) groups is 1. The number of hydrogen-bond donors (Lipinski definition) is 1. The molecule has 1 aromatic carbocycles. The Hall–Kier alpha value is -1.06. The van der Waals surface area contributed by atoms with Crippen molar-refractivity contribution < 1.29 is 4.79 Å². The van der Waals surface area contributed by atoms with Crippen molar-refractivity contribution in [1.82, 2.24) is 10.2 Å². The fourth-order valence-corrected chi connectivity index (χ4v) is 2.68. The van der Waals surface area contributed by atoms with Crippen LogP contribution in [0.5, 0.6) is 0 Å². The molecule has 1 aliphatic rings. The van der Waals surface area contributed by atoms with Crippen molar-refractivity contribution in [2.75, 3.05) is 25.5 Å². The van der Waals surface area contributed by atoms with E-state index >= 15 is 0 Å². The molecule has 1 saturated heterocycles. The summed E-state index contributed by atoms with van der Waals surface area (Å²) in [4.78, 5) is 14.6. The number of piperidine rings is 1. The van der Waals surface area contributed by atoms with E-state index in [0.29, 0.717) is 6.04 Å². The molecule has 1 aliphatic heterocycles. The molecule has 4 heteroatoms. The predicted octanol–water partition coefficient (Wildman–Crippen LogP) is 2.82. The van der Waals surface area contributed by atoms with Crippen LogP contribution in [0.2, 0.25) is 0 Å². The molecule has 0 saturated carbocycles. The van der Waals surface area contributed by atoms with E-state index in [1.165, 1.54) is 5.56 Å². The average molecular weight is 295 g/mol. The Morgan fingerprint density at radius 1 is 1.30 bits per heavy atom. The van der Waals surface area contributed by atoms with Crippen LogP contribution in [0.1, 0.15) is 35.2 Å². The second kappa shape index (κ2) is 7.65. The Bertz CT molecular complexity index is 425. The fraction of sp³-hybridized carbons (Fsp3) is 0.562. The summed E-state index contributed by atoms with van der Waals surface area (Å²) in [7, 11) is 0. The zero-order valence-electron chi connectivity index (χ0n) is 12.1. The molecule has 0 bridgehead atoms. The maximum atomic E-state index is 12.1. The summed E-state index contributed by atoms with van der Waals surface area (Å²) in [5.74, 6) is 0.772. The Balaban J connectivity index is 1.77. The third-order valence-electron chi connectivity index (χ3n) is 3.84. The number of alkyl halides is 1. The number of aryl methyl sites for hydroxylation is 1. The maximum absolute atomic E-state index is 12.1. The van der Waals surface area contributed by atoms with Crippen molar-refractivity contribution in [3.05, 3.63) is 35.4 Å². The van der Waals surface area contributed by atoms with Gasteiger partial charge in [-0.05, 0) is 44.9 Å². The number of nitrogens with zero attached hydrogens (tertiary/aromatic N) is 1. The van der Waals surface area contributed by atoms with Gasteiger partial charge in [0.15, 0.2) is 0 Å². The highest BCUT2D eigenvalue weighted by Gasteiger charge is 2.20. The minimum Gasteiger partial charge on any atom is -0.349 e. The third kappa shape index (κ3) is 4.50. The van der Waals surface area contributed by atoms with Gasteiger partial charge in [-0.15, -0.1) is 11.6 Å². The van der Waals surface area contributed by atoms with Gasteiger partial charge in [0.1, 0.15) is 0 Å². The standard InChI is InChI=1S/C16H23ClN2O/c1-13-3-5-14(6-4-13)16(20)18-15-7-11-19(12-8-15)10-2-9-17/h3-6,15H,2,7-12H2,1H3,(H,18,20). The van der Waals surface area contributed by atoms with Crippen molar-refractivity contribution in [3.63, 3.8) is 0 Å². The number of amides is 1. The van der Waals surface area contributed by atoms with Gasteiger partial charge in [0, 0.05) is 30.6 Å². The van der Waals surface area contributed by atoms with Gasteiger partial charge in [0.25, 0.3) is 5.91 Å². The van der Waals surface area contributed by atoms with Crippen LogP contribution in [0.3, 0.4) is 0 Å². The van der Waals surface area contributed by atoms with Crippen LogP contribution in [-0.4, -0.2) is 42.4 Å². The van der Waals surface area contributed by atoms with Crippen LogP contribution in [0.25, 0.3) is 0 Å². The lowest BCUT2D eigenvalue weighted by atomic mass is 10.0. The van der Waals surface area contributed by atoms with Gasteiger partial charge in [0.05, 0.1) is 0 Å². The highest BCUT2D eigenvalue weighted by molar-refractivity contribution is 6.17. The first kappa shape index (κ1) is 15.3. The van der Waals surface area contributed by atoms with Gasteiger partial charge in [-0.2, -0.15) is 0 Å². The first-order chi connectivity index (χ1) is 9.69. The fourth-order valence-electron chi connectivity index (χ4n) is 2.56. The molecule has 1 N–H and O–H groups in total. The summed E-state index contributed by atoms with van der Waals surface area (Å²) in [6.07, 6.45) is 3.10. The van der Waals surface area contributed by atoms with Crippen LogP contribution < -0.4 is 5.32 Å². The van der Waals surface area contributed by atoms with Gasteiger partial charge in [-0.25, -0.2) is 0 Å². The molecule has 0 spiro atoms. The topological polar surface area (TPSA) is 32.3 Å². The smallest absolute Gasteiger partial charge is 0.251 e. The normalized spacial score (nSPS) is 17.1. The van der Waals surface area contributed by atoms with Gasteiger partial charge < -0.3 is 10.2 Å².